The minimum Gasteiger partial charge on any atom is -0.335 e. The first-order chi connectivity index (χ1) is 8.27. The number of likely N-dealkylation sites (tertiary alicyclic amines) is 1. The fraction of sp³-hybridized carbons (Fsp3) is 0.667. The number of nitrogens with one attached hydrogen (secondary N) is 1. The van der Waals surface area contributed by atoms with E-state index in [9.17, 15) is 4.79 Å². The van der Waals surface area contributed by atoms with Crippen LogP contribution in [0.15, 0.2) is 11.6 Å². The number of thiazole rings is 1. The van der Waals surface area contributed by atoms with Gasteiger partial charge in [-0.05, 0) is 31.3 Å². The minimum absolute atomic E-state index is 0.250. The van der Waals surface area contributed by atoms with Crippen LogP contribution in [-0.4, -0.2) is 35.4 Å². The van der Waals surface area contributed by atoms with Gasteiger partial charge in [0, 0.05) is 24.5 Å². The van der Waals surface area contributed by atoms with E-state index in [-0.39, 0.29) is 5.41 Å². The molecule has 0 radical (unpaired) electrons. The molecule has 1 N–H and O–H groups in total. The number of carbonyl (C=O) groups excluding carboxylic acids is 1. The molecular formula is C12H17N3OS. The molecule has 3 rings (SSSR count). The highest BCUT2D eigenvalue weighted by Crippen LogP contribution is 2.39. The highest BCUT2D eigenvalue weighted by atomic mass is 32.1. The van der Waals surface area contributed by atoms with Gasteiger partial charge in [0.15, 0.2) is 0 Å². The van der Waals surface area contributed by atoms with Crippen molar-refractivity contribution in [1.82, 2.24) is 15.2 Å². The predicted molar refractivity (Wildman–Crippen MR) is 66.7 cm³/mol. The Morgan fingerprint density at radius 2 is 2.29 bits per heavy atom. The summed E-state index contributed by atoms with van der Waals surface area (Å²) < 4.78 is 0. The zero-order valence-electron chi connectivity index (χ0n) is 9.82. The topological polar surface area (TPSA) is 45.2 Å². The van der Waals surface area contributed by atoms with Gasteiger partial charge in [-0.3, -0.25) is 4.79 Å². The van der Waals surface area contributed by atoms with E-state index in [1.54, 1.807) is 17.5 Å². The lowest BCUT2D eigenvalue weighted by atomic mass is 9.78. The van der Waals surface area contributed by atoms with Gasteiger partial charge < -0.3 is 10.2 Å². The maximum Gasteiger partial charge on any atom is 0.223 e. The number of carbonyl (C=O) groups is 1. The number of amides is 1. The van der Waals surface area contributed by atoms with Gasteiger partial charge in [0.05, 0.1) is 6.54 Å². The third kappa shape index (κ3) is 2.21. The molecule has 0 bridgehead atoms. The zero-order chi connectivity index (χ0) is 11.7. The van der Waals surface area contributed by atoms with Crippen molar-refractivity contribution >= 4 is 17.2 Å². The molecule has 92 valence electrons. The van der Waals surface area contributed by atoms with Crippen molar-refractivity contribution in [2.45, 2.75) is 25.8 Å². The van der Waals surface area contributed by atoms with Gasteiger partial charge in [0.1, 0.15) is 5.01 Å². The number of hydrogen-bond donors (Lipinski definition) is 1. The molecule has 1 spiro atoms. The van der Waals surface area contributed by atoms with Crippen LogP contribution in [0.1, 0.15) is 24.3 Å². The van der Waals surface area contributed by atoms with Crippen molar-refractivity contribution in [3.63, 3.8) is 0 Å². The van der Waals surface area contributed by atoms with Crippen LogP contribution >= 0.6 is 11.3 Å². The third-order valence-electron chi connectivity index (χ3n) is 3.88. The number of piperidine rings is 1. The molecule has 1 aromatic heterocycles. The van der Waals surface area contributed by atoms with Crippen molar-refractivity contribution in [3.8, 4) is 0 Å². The Bertz CT molecular complexity index is 398. The Morgan fingerprint density at radius 1 is 1.47 bits per heavy atom. The molecule has 0 unspecified atom stereocenters. The van der Waals surface area contributed by atoms with E-state index < -0.39 is 0 Å². The second-order valence-electron chi connectivity index (χ2n) is 5.10. The van der Waals surface area contributed by atoms with Gasteiger partial charge in [0.25, 0.3) is 0 Å². The van der Waals surface area contributed by atoms with Crippen LogP contribution in [-0.2, 0) is 11.3 Å². The van der Waals surface area contributed by atoms with Crippen LogP contribution in [0.25, 0.3) is 0 Å². The molecule has 0 atom stereocenters. The van der Waals surface area contributed by atoms with Crippen LogP contribution in [0.4, 0.5) is 0 Å². The molecule has 2 fully saturated rings. The second-order valence-corrected chi connectivity index (χ2v) is 6.08. The zero-order valence-corrected chi connectivity index (χ0v) is 10.6. The van der Waals surface area contributed by atoms with Gasteiger partial charge in [-0.25, -0.2) is 4.98 Å². The Labute approximate surface area is 105 Å². The molecule has 4 nitrogen and oxygen atoms in total. The first-order valence-electron chi connectivity index (χ1n) is 6.14. The summed E-state index contributed by atoms with van der Waals surface area (Å²) in [5, 5.41) is 6.39. The summed E-state index contributed by atoms with van der Waals surface area (Å²) in [6, 6.07) is 0. The van der Waals surface area contributed by atoms with Crippen molar-refractivity contribution in [3.05, 3.63) is 16.6 Å². The Morgan fingerprint density at radius 3 is 3.00 bits per heavy atom. The first-order valence-corrected chi connectivity index (χ1v) is 7.02. The number of aromatic nitrogens is 1. The highest BCUT2D eigenvalue weighted by Gasteiger charge is 2.43. The van der Waals surface area contributed by atoms with E-state index in [1.807, 2.05) is 10.3 Å². The van der Waals surface area contributed by atoms with Crippen LogP contribution < -0.4 is 5.32 Å². The molecule has 5 heteroatoms. The van der Waals surface area contributed by atoms with E-state index in [2.05, 4.69) is 10.3 Å². The van der Waals surface area contributed by atoms with E-state index in [1.165, 1.54) is 0 Å². The smallest absolute Gasteiger partial charge is 0.223 e. The molecule has 0 saturated carbocycles. The molecule has 2 aliphatic heterocycles. The average Bonchev–Trinajstić information content (AvgIpc) is 2.91. The summed E-state index contributed by atoms with van der Waals surface area (Å²) in [7, 11) is 0. The lowest BCUT2D eigenvalue weighted by Gasteiger charge is -2.32. The molecule has 17 heavy (non-hydrogen) atoms. The molecule has 1 aromatic rings. The van der Waals surface area contributed by atoms with Gasteiger partial charge in [-0.2, -0.15) is 0 Å². The average molecular weight is 251 g/mol. The molecule has 3 heterocycles. The SMILES string of the molecule is O=C1CC2(CCNCC2)CN1Cc1nccs1. The monoisotopic (exact) mass is 251 g/mol. The third-order valence-corrected chi connectivity index (χ3v) is 4.64. The summed E-state index contributed by atoms with van der Waals surface area (Å²) in [4.78, 5) is 18.3. The predicted octanol–water partition coefficient (Wildman–Crippen LogP) is 1.25. The normalized spacial score (nSPS) is 23.5. The van der Waals surface area contributed by atoms with Crippen LogP contribution in [0, 0.1) is 5.41 Å². The lowest BCUT2D eigenvalue weighted by molar-refractivity contribution is -0.128. The number of nitrogens with zero attached hydrogens (tertiary/aromatic N) is 2. The molecule has 0 aliphatic carbocycles. The minimum atomic E-state index is 0.250. The fourth-order valence-corrected chi connectivity index (χ4v) is 3.54. The maximum atomic E-state index is 12.1. The first kappa shape index (κ1) is 11.2. The summed E-state index contributed by atoms with van der Waals surface area (Å²) in [6.45, 7) is 3.73. The second kappa shape index (κ2) is 4.38. The van der Waals surface area contributed by atoms with E-state index in [0.29, 0.717) is 12.5 Å². The van der Waals surface area contributed by atoms with Gasteiger partial charge in [-0.1, -0.05) is 0 Å². The van der Waals surface area contributed by atoms with Crippen molar-refractivity contribution in [2.24, 2.45) is 5.41 Å². The van der Waals surface area contributed by atoms with Crippen molar-refractivity contribution in [2.75, 3.05) is 19.6 Å². The highest BCUT2D eigenvalue weighted by molar-refractivity contribution is 7.09. The maximum absolute atomic E-state index is 12.1. The largest absolute Gasteiger partial charge is 0.335 e. The Balaban J connectivity index is 1.69. The molecule has 1 amide bonds. The fourth-order valence-electron chi connectivity index (χ4n) is 2.91. The van der Waals surface area contributed by atoms with Gasteiger partial charge in [-0.15, -0.1) is 11.3 Å². The quantitative estimate of drug-likeness (QED) is 0.860. The lowest BCUT2D eigenvalue weighted by Crippen LogP contribution is -2.38. The van der Waals surface area contributed by atoms with Gasteiger partial charge >= 0.3 is 0 Å². The number of rotatable bonds is 2. The van der Waals surface area contributed by atoms with E-state index in [0.717, 1.165) is 43.9 Å². The molecule has 2 aliphatic rings. The van der Waals surface area contributed by atoms with E-state index >= 15 is 0 Å². The summed E-state index contributed by atoms with van der Waals surface area (Å²) >= 11 is 1.63. The number of hydrogen-bond acceptors (Lipinski definition) is 4. The summed E-state index contributed by atoms with van der Waals surface area (Å²) in [5.41, 5.74) is 0.250. The van der Waals surface area contributed by atoms with Crippen molar-refractivity contribution in [1.29, 1.82) is 0 Å². The van der Waals surface area contributed by atoms with Crippen LogP contribution in [0.2, 0.25) is 0 Å². The Hall–Kier alpha value is -0.940. The molecular weight excluding hydrogens is 234 g/mol. The summed E-state index contributed by atoms with van der Waals surface area (Å²) in [5.74, 6) is 0.308. The molecule has 0 aromatic carbocycles. The van der Waals surface area contributed by atoms with Gasteiger partial charge in [0.2, 0.25) is 5.91 Å². The Kier molecular flexibility index (Phi) is 2.88. The standard InChI is InChI=1S/C12H17N3OS/c16-11-7-12(1-3-13-4-2-12)9-15(11)8-10-14-5-6-17-10/h5-6,13H,1-4,7-9H2. The van der Waals surface area contributed by atoms with Crippen molar-refractivity contribution < 1.29 is 4.79 Å². The van der Waals surface area contributed by atoms with Crippen LogP contribution in [0.5, 0.6) is 0 Å². The van der Waals surface area contributed by atoms with Crippen LogP contribution in [0.3, 0.4) is 0 Å². The summed E-state index contributed by atoms with van der Waals surface area (Å²) in [6.07, 6.45) is 4.81. The molecule has 2 saturated heterocycles. The van der Waals surface area contributed by atoms with E-state index in [4.69, 9.17) is 0 Å².